The number of fused-ring (bicyclic) bond motifs is 4. The molecule has 3 aromatic carbocycles. The van der Waals surface area contributed by atoms with Crippen molar-refractivity contribution >= 4 is 27.9 Å². The molecular weight excluding hydrogens is 420 g/mol. The minimum absolute atomic E-state index is 0.0701. The SMILES string of the molecule is O=C1C[C@H](c2coc3ccccc3c2=O)c2c(ccc3c(=O)c(-c4ccccc4)coc23)O1. The Hall–Kier alpha value is -4.45. The number of ether oxygens (including phenoxy) is 1. The van der Waals surface area contributed by atoms with E-state index in [1.807, 2.05) is 30.3 Å². The first kappa shape index (κ1) is 19.3. The van der Waals surface area contributed by atoms with E-state index >= 15 is 0 Å². The van der Waals surface area contributed by atoms with E-state index in [-0.39, 0.29) is 23.0 Å². The summed E-state index contributed by atoms with van der Waals surface area (Å²) in [4.78, 5) is 39.0. The van der Waals surface area contributed by atoms with Gasteiger partial charge in [-0.3, -0.25) is 14.4 Å². The third-order valence-electron chi connectivity index (χ3n) is 6.05. The Morgan fingerprint density at radius 1 is 0.727 bits per heavy atom. The fourth-order valence-corrected chi connectivity index (χ4v) is 4.47. The fraction of sp³-hybridized carbons (Fsp3) is 0.0741. The molecule has 2 aromatic heterocycles. The fourth-order valence-electron chi connectivity index (χ4n) is 4.47. The molecule has 0 saturated carbocycles. The maximum absolute atomic E-state index is 13.3. The van der Waals surface area contributed by atoms with E-state index in [0.29, 0.717) is 38.6 Å². The highest BCUT2D eigenvalue weighted by Gasteiger charge is 2.34. The zero-order valence-electron chi connectivity index (χ0n) is 17.2. The Morgan fingerprint density at radius 3 is 2.36 bits per heavy atom. The Bertz CT molecular complexity index is 1680. The smallest absolute Gasteiger partial charge is 0.312 e. The van der Waals surface area contributed by atoms with Crippen LogP contribution < -0.4 is 15.6 Å². The van der Waals surface area contributed by atoms with E-state index in [1.165, 1.54) is 12.5 Å². The van der Waals surface area contributed by atoms with Crippen molar-refractivity contribution in [2.24, 2.45) is 0 Å². The van der Waals surface area contributed by atoms with Gasteiger partial charge in [0.1, 0.15) is 23.2 Å². The summed E-state index contributed by atoms with van der Waals surface area (Å²) in [5.74, 6) is -0.869. The second-order valence-electron chi connectivity index (χ2n) is 7.95. The van der Waals surface area contributed by atoms with Gasteiger partial charge in [-0.25, -0.2) is 0 Å². The van der Waals surface area contributed by atoms with Gasteiger partial charge in [-0.05, 0) is 29.8 Å². The normalized spacial score (nSPS) is 15.4. The molecule has 1 aliphatic rings. The molecule has 0 aliphatic carbocycles. The number of benzene rings is 3. The van der Waals surface area contributed by atoms with Crippen molar-refractivity contribution in [2.45, 2.75) is 12.3 Å². The Balaban J connectivity index is 1.61. The van der Waals surface area contributed by atoms with Gasteiger partial charge in [0.05, 0.1) is 29.0 Å². The van der Waals surface area contributed by atoms with Gasteiger partial charge >= 0.3 is 5.97 Å². The third-order valence-corrected chi connectivity index (χ3v) is 6.05. The van der Waals surface area contributed by atoms with Crippen molar-refractivity contribution in [1.29, 1.82) is 0 Å². The Labute approximate surface area is 186 Å². The van der Waals surface area contributed by atoms with Crippen LogP contribution in [-0.2, 0) is 4.79 Å². The van der Waals surface area contributed by atoms with Gasteiger partial charge < -0.3 is 13.6 Å². The molecule has 1 aliphatic heterocycles. The van der Waals surface area contributed by atoms with Crippen molar-refractivity contribution in [3.05, 3.63) is 111 Å². The quantitative estimate of drug-likeness (QED) is 0.286. The number of carbonyl (C=O) groups is 1. The predicted octanol–water partition coefficient (Wildman–Crippen LogP) is 5.01. The number of rotatable bonds is 2. The lowest BCUT2D eigenvalue weighted by Crippen LogP contribution is -2.25. The number of esters is 1. The molecule has 3 heterocycles. The minimum Gasteiger partial charge on any atom is -0.464 e. The summed E-state index contributed by atoms with van der Waals surface area (Å²) in [5.41, 5.74) is 2.29. The summed E-state index contributed by atoms with van der Waals surface area (Å²) in [6.45, 7) is 0. The molecule has 6 rings (SSSR count). The van der Waals surface area contributed by atoms with Gasteiger partial charge in [0.25, 0.3) is 0 Å². The van der Waals surface area contributed by atoms with Crippen LogP contribution in [0.4, 0.5) is 0 Å². The molecule has 5 aromatic rings. The van der Waals surface area contributed by atoms with Gasteiger partial charge in [0, 0.05) is 17.0 Å². The maximum atomic E-state index is 13.3. The largest absolute Gasteiger partial charge is 0.464 e. The molecule has 0 saturated heterocycles. The predicted molar refractivity (Wildman–Crippen MR) is 122 cm³/mol. The monoisotopic (exact) mass is 436 g/mol. The van der Waals surface area contributed by atoms with E-state index in [0.717, 1.165) is 5.56 Å². The first-order valence-electron chi connectivity index (χ1n) is 10.5. The average Bonchev–Trinajstić information content (AvgIpc) is 2.84. The highest BCUT2D eigenvalue weighted by molar-refractivity contribution is 5.90. The summed E-state index contributed by atoms with van der Waals surface area (Å²) in [6.07, 6.45) is 2.73. The first-order valence-corrected chi connectivity index (χ1v) is 10.5. The van der Waals surface area contributed by atoms with Crippen LogP contribution in [0.1, 0.15) is 23.5 Å². The van der Waals surface area contributed by atoms with Crippen LogP contribution in [0.3, 0.4) is 0 Å². The summed E-state index contributed by atoms with van der Waals surface area (Å²) in [5, 5.41) is 0.770. The molecule has 0 unspecified atom stereocenters. The van der Waals surface area contributed by atoms with Gasteiger partial charge in [-0.2, -0.15) is 0 Å². The zero-order chi connectivity index (χ0) is 22.5. The van der Waals surface area contributed by atoms with E-state index in [1.54, 1.807) is 36.4 Å². The molecule has 160 valence electrons. The van der Waals surface area contributed by atoms with Crippen LogP contribution in [0.2, 0.25) is 0 Å². The Kier molecular flexibility index (Phi) is 4.26. The molecule has 6 nitrogen and oxygen atoms in total. The summed E-state index contributed by atoms with van der Waals surface area (Å²) >= 11 is 0. The average molecular weight is 436 g/mol. The molecule has 33 heavy (non-hydrogen) atoms. The number of hydrogen-bond donors (Lipinski definition) is 0. The summed E-state index contributed by atoms with van der Waals surface area (Å²) < 4.78 is 17.1. The van der Waals surface area contributed by atoms with Crippen LogP contribution in [0, 0.1) is 0 Å². The molecule has 0 radical (unpaired) electrons. The van der Waals surface area contributed by atoms with E-state index in [4.69, 9.17) is 13.6 Å². The van der Waals surface area contributed by atoms with Crippen LogP contribution in [0.5, 0.6) is 5.75 Å². The molecule has 0 N–H and O–H groups in total. The molecule has 0 amide bonds. The van der Waals surface area contributed by atoms with Crippen LogP contribution in [0.15, 0.2) is 97.7 Å². The van der Waals surface area contributed by atoms with Gasteiger partial charge in [-0.15, -0.1) is 0 Å². The summed E-state index contributed by atoms with van der Waals surface area (Å²) in [7, 11) is 0. The Morgan fingerprint density at radius 2 is 1.52 bits per heavy atom. The van der Waals surface area contributed by atoms with Crippen molar-refractivity contribution in [1.82, 2.24) is 0 Å². The van der Waals surface area contributed by atoms with Gasteiger partial charge in [0.15, 0.2) is 5.43 Å². The number of para-hydroxylation sites is 1. The maximum Gasteiger partial charge on any atom is 0.312 e. The second kappa shape index (κ2) is 7.31. The molecule has 0 spiro atoms. The summed E-state index contributed by atoms with van der Waals surface area (Å²) in [6, 6.07) is 19.3. The lowest BCUT2D eigenvalue weighted by Gasteiger charge is -2.25. The van der Waals surface area contributed by atoms with Crippen LogP contribution >= 0.6 is 0 Å². The lowest BCUT2D eigenvalue weighted by atomic mass is 9.85. The van der Waals surface area contributed by atoms with Gasteiger partial charge in [0.2, 0.25) is 5.43 Å². The second-order valence-corrected chi connectivity index (χ2v) is 7.95. The van der Waals surface area contributed by atoms with Crippen molar-refractivity contribution in [3.63, 3.8) is 0 Å². The molecule has 1 atom stereocenters. The number of carbonyl (C=O) groups excluding carboxylic acids is 1. The van der Waals surface area contributed by atoms with Crippen LogP contribution in [-0.4, -0.2) is 5.97 Å². The minimum atomic E-state index is -0.670. The van der Waals surface area contributed by atoms with Crippen molar-refractivity contribution in [2.75, 3.05) is 0 Å². The molecule has 0 bridgehead atoms. The van der Waals surface area contributed by atoms with Crippen LogP contribution in [0.25, 0.3) is 33.1 Å². The lowest BCUT2D eigenvalue weighted by molar-refractivity contribution is -0.135. The van der Waals surface area contributed by atoms with Gasteiger partial charge in [-0.1, -0.05) is 42.5 Å². The highest BCUT2D eigenvalue weighted by Crippen LogP contribution is 2.42. The first-order chi connectivity index (χ1) is 16.1. The third kappa shape index (κ3) is 2.99. The van der Waals surface area contributed by atoms with E-state index in [9.17, 15) is 14.4 Å². The van der Waals surface area contributed by atoms with Crippen molar-refractivity contribution < 1.29 is 18.4 Å². The van der Waals surface area contributed by atoms with E-state index in [2.05, 4.69) is 0 Å². The standard InChI is InChI=1S/C27H16O6/c28-23-12-18(20-14-31-21-9-5-4-8-16(21)25(20)29)24-22(33-23)11-10-17-26(30)19(13-32-27(17)24)15-6-2-1-3-7-15/h1-11,13-14,18H,12H2/t18-/m1/s1. The number of hydrogen-bond acceptors (Lipinski definition) is 6. The van der Waals surface area contributed by atoms with Crippen molar-refractivity contribution in [3.8, 4) is 16.9 Å². The highest BCUT2D eigenvalue weighted by atomic mass is 16.5. The zero-order valence-corrected chi connectivity index (χ0v) is 17.2. The topological polar surface area (TPSA) is 86.7 Å². The molecular formula is C27H16O6. The molecule has 6 heteroatoms. The van der Waals surface area contributed by atoms with E-state index < -0.39 is 11.9 Å². The molecule has 0 fully saturated rings.